The second-order valence-electron chi connectivity index (χ2n) is 5.70. The third-order valence-electron chi connectivity index (χ3n) is 3.92. The molecule has 2 heterocycles. The van der Waals surface area contributed by atoms with E-state index in [1.54, 1.807) is 37.3 Å². The SMILES string of the molecule is Cc1noc(-c2cc(S(=O)(=O)NCc3ccc(Cl)cc3)c(C)s2)c1C. The number of rotatable bonds is 5. The van der Waals surface area contributed by atoms with Crippen LogP contribution in [0.4, 0.5) is 0 Å². The van der Waals surface area contributed by atoms with Crippen LogP contribution < -0.4 is 4.72 Å². The lowest BCUT2D eigenvalue weighted by atomic mass is 10.2. The summed E-state index contributed by atoms with van der Waals surface area (Å²) in [4.78, 5) is 1.71. The van der Waals surface area contributed by atoms with Gasteiger partial charge < -0.3 is 4.52 Å². The van der Waals surface area contributed by atoms with Crippen LogP contribution in [0.2, 0.25) is 5.02 Å². The van der Waals surface area contributed by atoms with Gasteiger partial charge in [0, 0.05) is 22.0 Å². The fourth-order valence-corrected chi connectivity index (χ4v) is 5.12. The van der Waals surface area contributed by atoms with E-state index in [-0.39, 0.29) is 11.4 Å². The predicted octanol–water partition coefficient (Wildman–Crippen LogP) is 4.46. The number of aryl methyl sites for hydroxylation is 2. The van der Waals surface area contributed by atoms with E-state index in [2.05, 4.69) is 9.88 Å². The third kappa shape index (κ3) is 3.79. The first-order chi connectivity index (χ1) is 11.8. The maximum atomic E-state index is 12.7. The van der Waals surface area contributed by atoms with E-state index in [4.69, 9.17) is 16.1 Å². The van der Waals surface area contributed by atoms with Crippen LogP contribution in [0.15, 0.2) is 39.8 Å². The molecule has 3 rings (SSSR count). The number of benzene rings is 1. The highest BCUT2D eigenvalue weighted by Gasteiger charge is 2.22. The van der Waals surface area contributed by atoms with Crippen molar-refractivity contribution >= 4 is 33.0 Å². The molecule has 0 radical (unpaired) electrons. The molecule has 1 N–H and O–H groups in total. The van der Waals surface area contributed by atoms with Gasteiger partial charge in [0.25, 0.3) is 0 Å². The molecule has 0 saturated carbocycles. The number of sulfonamides is 1. The van der Waals surface area contributed by atoms with Crippen LogP contribution in [0.3, 0.4) is 0 Å². The summed E-state index contributed by atoms with van der Waals surface area (Å²) < 4.78 is 33.3. The van der Waals surface area contributed by atoms with Gasteiger partial charge >= 0.3 is 0 Å². The molecule has 8 heteroatoms. The van der Waals surface area contributed by atoms with E-state index in [1.165, 1.54) is 11.3 Å². The normalized spacial score (nSPS) is 11.8. The predicted molar refractivity (Wildman–Crippen MR) is 99.5 cm³/mol. The van der Waals surface area contributed by atoms with Gasteiger partial charge in [-0.2, -0.15) is 0 Å². The number of halogens is 1. The van der Waals surface area contributed by atoms with Crippen LogP contribution in [0.1, 0.15) is 21.7 Å². The Hall–Kier alpha value is -1.67. The smallest absolute Gasteiger partial charge is 0.241 e. The van der Waals surface area contributed by atoms with Crippen molar-refractivity contribution in [2.45, 2.75) is 32.2 Å². The average molecular weight is 397 g/mol. The van der Waals surface area contributed by atoms with Crippen molar-refractivity contribution in [2.24, 2.45) is 0 Å². The van der Waals surface area contributed by atoms with E-state index in [1.807, 2.05) is 13.8 Å². The summed E-state index contributed by atoms with van der Waals surface area (Å²) >= 11 is 7.22. The van der Waals surface area contributed by atoms with Crippen molar-refractivity contribution in [3.05, 3.63) is 57.1 Å². The van der Waals surface area contributed by atoms with E-state index in [0.29, 0.717) is 15.7 Å². The Morgan fingerprint density at radius 2 is 1.88 bits per heavy atom. The quantitative estimate of drug-likeness (QED) is 0.691. The Bertz CT molecular complexity index is 1010. The minimum atomic E-state index is -3.63. The van der Waals surface area contributed by atoms with Gasteiger partial charge in [-0.1, -0.05) is 28.9 Å². The van der Waals surface area contributed by atoms with Crippen molar-refractivity contribution in [3.8, 4) is 10.6 Å². The summed E-state index contributed by atoms with van der Waals surface area (Å²) in [6.45, 7) is 5.74. The van der Waals surface area contributed by atoms with Crippen molar-refractivity contribution in [1.29, 1.82) is 0 Å². The first kappa shape index (κ1) is 18.1. The molecule has 0 saturated heterocycles. The van der Waals surface area contributed by atoms with E-state index < -0.39 is 10.0 Å². The first-order valence-electron chi connectivity index (χ1n) is 7.55. The highest BCUT2D eigenvalue weighted by molar-refractivity contribution is 7.89. The van der Waals surface area contributed by atoms with Gasteiger partial charge in [0.15, 0.2) is 5.76 Å². The van der Waals surface area contributed by atoms with Gasteiger partial charge in [0.2, 0.25) is 10.0 Å². The number of nitrogens with one attached hydrogen (secondary N) is 1. The fourth-order valence-electron chi connectivity index (χ4n) is 2.35. The van der Waals surface area contributed by atoms with Gasteiger partial charge in [-0.05, 0) is 44.5 Å². The number of thiophene rings is 1. The van der Waals surface area contributed by atoms with Gasteiger partial charge in [0.05, 0.1) is 15.5 Å². The van der Waals surface area contributed by atoms with Gasteiger partial charge in [0.1, 0.15) is 0 Å². The molecule has 3 aromatic rings. The summed E-state index contributed by atoms with van der Waals surface area (Å²) in [5.74, 6) is 0.616. The molecule has 0 aliphatic carbocycles. The van der Waals surface area contributed by atoms with Crippen LogP contribution in [0.25, 0.3) is 10.6 Å². The van der Waals surface area contributed by atoms with E-state index >= 15 is 0 Å². The maximum Gasteiger partial charge on any atom is 0.241 e. The molecule has 132 valence electrons. The lowest BCUT2D eigenvalue weighted by Crippen LogP contribution is -2.23. The van der Waals surface area contributed by atoms with Crippen LogP contribution in [0.5, 0.6) is 0 Å². The molecule has 0 bridgehead atoms. The highest BCUT2D eigenvalue weighted by atomic mass is 35.5. The van der Waals surface area contributed by atoms with Crippen molar-refractivity contribution in [2.75, 3.05) is 0 Å². The number of nitrogens with zero attached hydrogens (tertiary/aromatic N) is 1. The fraction of sp³-hybridized carbons (Fsp3) is 0.235. The summed E-state index contributed by atoms with van der Waals surface area (Å²) in [6.07, 6.45) is 0. The average Bonchev–Trinajstić information content (AvgIpc) is 3.11. The minimum absolute atomic E-state index is 0.199. The molecular weight excluding hydrogens is 380 g/mol. The van der Waals surface area contributed by atoms with Gasteiger partial charge in [-0.3, -0.25) is 0 Å². The van der Waals surface area contributed by atoms with Crippen molar-refractivity contribution in [3.63, 3.8) is 0 Å². The molecule has 0 spiro atoms. The zero-order valence-electron chi connectivity index (χ0n) is 14.0. The number of hydrogen-bond acceptors (Lipinski definition) is 5. The number of aromatic nitrogens is 1. The lowest BCUT2D eigenvalue weighted by molar-refractivity contribution is 0.427. The Morgan fingerprint density at radius 1 is 1.20 bits per heavy atom. The third-order valence-corrected chi connectivity index (χ3v) is 6.88. The standard InChI is InChI=1S/C17H17ClN2O3S2/c1-10-11(2)20-23-17(10)15-8-16(12(3)24-15)25(21,22)19-9-13-4-6-14(18)7-5-13/h4-8,19H,9H2,1-3H3. The Balaban J connectivity index is 1.85. The molecule has 5 nitrogen and oxygen atoms in total. The molecule has 0 unspecified atom stereocenters. The van der Waals surface area contributed by atoms with Crippen LogP contribution in [-0.2, 0) is 16.6 Å². The lowest BCUT2D eigenvalue weighted by Gasteiger charge is -2.06. The molecule has 2 aromatic heterocycles. The Labute approximate surface area is 155 Å². The highest BCUT2D eigenvalue weighted by Crippen LogP contribution is 2.35. The van der Waals surface area contributed by atoms with Crippen molar-refractivity contribution in [1.82, 2.24) is 9.88 Å². The Kier molecular flexibility index (Phi) is 5.02. The van der Waals surface area contributed by atoms with Crippen molar-refractivity contribution < 1.29 is 12.9 Å². The molecule has 0 atom stereocenters. The monoisotopic (exact) mass is 396 g/mol. The largest absolute Gasteiger partial charge is 0.355 e. The zero-order chi connectivity index (χ0) is 18.2. The summed E-state index contributed by atoms with van der Waals surface area (Å²) in [5, 5.41) is 4.55. The number of hydrogen-bond donors (Lipinski definition) is 1. The topological polar surface area (TPSA) is 72.2 Å². The zero-order valence-corrected chi connectivity index (χ0v) is 16.3. The van der Waals surface area contributed by atoms with Crippen LogP contribution >= 0.6 is 22.9 Å². The maximum absolute atomic E-state index is 12.7. The van der Waals surface area contributed by atoms with Gasteiger partial charge in [-0.25, -0.2) is 13.1 Å². The first-order valence-corrected chi connectivity index (χ1v) is 10.2. The molecule has 0 aliphatic heterocycles. The van der Waals surface area contributed by atoms with E-state index in [0.717, 1.165) is 21.7 Å². The van der Waals surface area contributed by atoms with Gasteiger partial charge in [-0.15, -0.1) is 11.3 Å². The second-order valence-corrected chi connectivity index (χ2v) is 9.13. The minimum Gasteiger partial charge on any atom is -0.355 e. The molecule has 0 fully saturated rings. The molecule has 1 aromatic carbocycles. The Morgan fingerprint density at radius 3 is 2.48 bits per heavy atom. The molecule has 0 amide bonds. The van der Waals surface area contributed by atoms with Crippen LogP contribution in [0, 0.1) is 20.8 Å². The molecule has 25 heavy (non-hydrogen) atoms. The summed E-state index contributed by atoms with van der Waals surface area (Å²) in [6, 6.07) is 8.67. The summed E-state index contributed by atoms with van der Waals surface area (Å²) in [7, 11) is -3.63. The molecular formula is C17H17ClN2O3S2. The molecule has 0 aliphatic rings. The second kappa shape index (κ2) is 6.92. The summed E-state index contributed by atoms with van der Waals surface area (Å²) in [5.41, 5.74) is 2.55. The van der Waals surface area contributed by atoms with E-state index in [9.17, 15) is 8.42 Å². The van der Waals surface area contributed by atoms with Crippen LogP contribution in [-0.4, -0.2) is 13.6 Å².